The molecule has 0 unspecified atom stereocenters. The van der Waals surface area contributed by atoms with Gasteiger partial charge in [-0.15, -0.1) is 6.42 Å². The van der Waals surface area contributed by atoms with Crippen LogP contribution in [0.4, 0.5) is 4.39 Å². The van der Waals surface area contributed by atoms with Crippen LogP contribution in [0.2, 0.25) is 0 Å². The maximum absolute atomic E-state index is 13.0. The molecular weight excluding hydrogens is 227 g/mol. The van der Waals surface area contributed by atoms with Gasteiger partial charge in [-0.25, -0.2) is 4.39 Å². The van der Waals surface area contributed by atoms with Gasteiger partial charge in [0.05, 0.1) is 6.54 Å². The molecule has 0 spiro atoms. The first kappa shape index (κ1) is 13.1. The van der Waals surface area contributed by atoms with Gasteiger partial charge in [0.1, 0.15) is 5.82 Å². The van der Waals surface area contributed by atoms with Crippen LogP contribution in [-0.4, -0.2) is 30.6 Å². The standard InChI is InChI=1S/C15H19FN2/c1-2-8-18-9-6-15(7-10-18)17-12-13-4-3-5-14(16)11-13/h1,3-5,11,15,17H,6-10,12H2. The van der Waals surface area contributed by atoms with Crippen molar-refractivity contribution in [3.8, 4) is 12.3 Å². The number of halogens is 1. The van der Waals surface area contributed by atoms with E-state index in [-0.39, 0.29) is 5.82 Å². The Kier molecular flexibility index (Phi) is 4.74. The molecule has 0 amide bonds. The first-order valence-corrected chi connectivity index (χ1v) is 6.41. The summed E-state index contributed by atoms with van der Waals surface area (Å²) in [6.45, 7) is 3.57. The molecule has 0 bridgehead atoms. The Labute approximate surface area is 108 Å². The first-order valence-electron chi connectivity index (χ1n) is 6.41. The predicted octanol–water partition coefficient (Wildman–Crippen LogP) is 2.01. The number of terminal acetylenes is 1. The topological polar surface area (TPSA) is 15.3 Å². The molecule has 2 nitrogen and oxygen atoms in total. The van der Waals surface area contributed by atoms with Crippen molar-refractivity contribution in [2.24, 2.45) is 0 Å². The molecule has 1 aliphatic rings. The van der Waals surface area contributed by atoms with Crippen molar-refractivity contribution in [3.63, 3.8) is 0 Å². The average Bonchev–Trinajstić information content (AvgIpc) is 2.38. The molecule has 1 heterocycles. The van der Waals surface area contributed by atoms with Crippen molar-refractivity contribution in [2.75, 3.05) is 19.6 Å². The summed E-state index contributed by atoms with van der Waals surface area (Å²) in [4.78, 5) is 2.29. The van der Waals surface area contributed by atoms with Gasteiger partial charge in [0.2, 0.25) is 0 Å². The highest BCUT2D eigenvalue weighted by atomic mass is 19.1. The van der Waals surface area contributed by atoms with Crippen LogP contribution < -0.4 is 5.32 Å². The Morgan fingerprint density at radius 3 is 2.83 bits per heavy atom. The molecule has 0 aromatic heterocycles. The van der Waals surface area contributed by atoms with Gasteiger partial charge >= 0.3 is 0 Å². The van der Waals surface area contributed by atoms with Gasteiger partial charge in [-0.1, -0.05) is 18.1 Å². The van der Waals surface area contributed by atoms with Gasteiger partial charge in [-0.3, -0.25) is 4.90 Å². The molecule has 0 atom stereocenters. The van der Waals surface area contributed by atoms with Crippen LogP contribution in [0, 0.1) is 18.2 Å². The Morgan fingerprint density at radius 2 is 2.17 bits per heavy atom. The highest BCUT2D eigenvalue weighted by Gasteiger charge is 2.17. The van der Waals surface area contributed by atoms with E-state index in [1.54, 1.807) is 12.1 Å². The quantitative estimate of drug-likeness (QED) is 0.818. The van der Waals surface area contributed by atoms with Gasteiger partial charge in [0.25, 0.3) is 0 Å². The molecule has 0 radical (unpaired) electrons. The number of piperidine rings is 1. The van der Waals surface area contributed by atoms with E-state index in [9.17, 15) is 4.39 Å². The van der Waals surface area contributed by atoms with Gasteiger partial charge in [0, 0.05) is 25.7 Å². The van der Waals surface area contributed by atoms with Crippen LogP contribution in [0.1, 0.15) is 18.4 Å². The molecular formula is C15H19FN2. The fraction of sp³-hybridized carbons (Fsp3) is 0.467. The lowest BCUT2D eigenvalue weighted by Crippen LogP contribution is -2.42. The highest BCUT2D eigenvalue weighted by molar-refractivity contribution is 5.16. The zero-order valence-corrected chi connectivity index (χ0v) is 10.5. The van der Waals surface area contributed by atoms with Crippen molar-refractivity contribution < 1.29 is 4.39 Å². The lowest BCUT2D eigenvalue weighted by molar-refractivity contribution is 0.217. The summed E-state index contributed by atoms with van der Waals surface area (Å²) in [5, 5.41) is 3.48. The maximum atomic E-state index is 13.0. The SMILES string of the molecule is C#CCN1CCC(NCc2cccc(F)c2)CC1. The van der Waals surface area contributed by atoms with Crippen LogP contribution in [0.5, 0.6) is 0 Å². The van der Waals surface area contributed by atoms with Crippen molar-refractivity contribution in [1.29, 1.82) is 0 Å². The lowest BCUT2D eigenvalue weighted by atomic mass is 10.0. The first-order chi connectivity index (χ1) is 8.78. The molecule has 18 heavy (non-hydrogen) atoms. The Bertz CT molecular complexity index is 417. The molecule has 1 saturated heterocycles. The molecule has 1 N–H and O–H groups in total. The molecule has 1 aromatic rings. The van der Waals surface area contributed by atoms with Gasteiger partial charge < -0.3 is 5.32 Å². The van der Waals surface area contributed by atoms with E-state index < -0.39 is 0 Å². The molecule has 0 aliphatic carbocycles. The number of nitrogens with zero attached hydrogens (tertiary/aromatic N) is 1. The minimum Gasteiger partial charge on any atom is -0.310 e. The predicted molar refractivity (Wildman–Crippen MR) is 71.5 cm³/mol. The number of nitrogens with one attached hydrogen (secondary N) is 1. The zero-order chi connectivity index (χ0) is 12.8. The summed E-state index contributed by atoms with van der Waals surface area (Å²) in [5.41, 5.74) is 1.00. The van der Waals surface area contributed by atoms with Crippen molar-refractivity contribution in [2.45, 2.75) is 25.4 Å². The van der Waals surface area contributed by atoms with E-state index in [2.05, 4.69) is 16.1 Å². The molecule has 2 rings (SSSR count). The summed E-state index contributed by atoms with van der Waals surface area (Å²) in [7, 11) is 0. The third kappa shape index (κ3) is 3.83. The van der Waals surface area contributed by atoms with Gasteiger partial charge in [0.15, 0.2) is 0 Å². The molecule has 0 saturated carbocycles. The van der Waals surface area contributed by atoms with Crippen LogP contribution >= 0.6 is 0 Å². The summed E-state index contributed by atoms with van der Waals surface area (Å²) in [5.74, 6) is 2.51. The normalized spacial score (nSPS) is 17.6. The third-order valence-electron chi connectivity index (χ3n) is 3.39. The second kappa shape index (κ2) is 6.53. The minimum atomic E-state index is -0.168. The Hall–Kier alpha value is -1.37. The van der Waals surface area contributed by atoms with Gasteiger partial charge in [-0.2, -0.15) is 0 Å². The van der Waals surface area contributed by atoms with Gasteiger partial charge in [-0.05, 0) is 30.5 Å². The van der Waals surface area contributed by atoms with Crippen LogP contribution in [0.25, 0.3) is 0 Å². The minimum absolute atomic E-state index is 0.168. The number of hydrogen-bond donors (Lipinski definition) is 1. The van der Waals surface area contributed by atoms with Crippen LogP contribution in [0.15, 0.2) is 24.3 Å². The highest BCUT2D eigenvalue weighted by Crippen LogP contribution is 2.11. The van der Waals surface area contributed by atoms with Crippen molar-refractivity contribution in [3.05, 3.63) is 35.6 Å². The van der Waals surface area contributed by atoms with Crippen LogP contribution in [0.3, 0.4) is 0 Å². The fourth-order valence-corrected chi connectivity index (χ4v) is 2.33. The number of likely N-dealkylation sites (tertiary alicyclic amines) is 1. The molecule has 1 fully saturated rings. The fourth-order valence-electron chi connectivity index (χ4n) is 2.33. The zero-order valence-electron chi connectivity index (χ0n) is 10.5. The van der Waals surface area contributed by atoms with E-state index >= 15 is 0 Å². The average molecular weight is 246 g/mol. The Balaban J connectivity index is 1.74. The second-order valence-corrected chi connectivity index (χ2v) is 4.77. The second-order valence-electron chi connectivity index (χ2n) is 4.77. The van der Waals surface area contributed by atoms with E-state index in [1.165, 1.54) is 6.07 Å². The monoisotopic (exact) mass is 246 g/mol. The van der Waals surface area contributed by atoms with E-state index in [0.717, 1.165) is 44.6 Å². The lowest BCUT2D eigenvalue weighted by Gasteiger charge is -2.31. The smallest absolute Gasteiger partial charge is 0.123 e. The van der Waals surface area contributed by atoms with E-state index in [0.29, 0.717) is 6.04 Å². The largest absolute Gasteiger partial charge is 0.310 e. The molecule has 3 heteroatoms. The number of hydrogen-bond acceptors (Lipinski definition) is 2. The molecule has 1 aliphatic heterocycles. The summed E-state index contributed by atoms with van der Waals surface area (Å²) in [6, 6.07) is 7.27. The van der Waals surface area contributed by atoms with E-state index in [1.807, 2.05) is 6.07 Å². The summed E-state index contributed by atoms with van der Waals surface area (Å²) in [6.07, 6.45) is 7.52. The van der Waals surface area contributed by atoms with Crippen LogP contribution in [-0.2, 0) is 6.54 Å². The van der Waals surface area contributed by atoms with E-state index in [4.69, 9.17) is 6.42 Å². The maximum Gasteiger partial charge on any atom is 0.123 e. The number of benzene rings is 1. The summed E-state index contributed by atoms with van der Waals surface area (Å²) >= 11 is 0. The third-order valence-corrected chi connectivity index (χ3v) is 3.39. The summed E-state index contributed by atoms with van der Waals surface area (Å²) < 4.78 is 13.0. The number of rotatable bonds is 4. The molecule has 96 valence electrons. The molecule has 1 aromatic carbocycles. The van der Waals surface area contributed by atoms with Crippen molar-refractivity contribution >= 4 is 0 Å². The van der Waals surface area contributed by atoms with Crippen molar-refractivity contribution in [1.82, 2.24) is 10.2 Å². The Morgan fingerprint density at radius 1 is 1.39 bits per heavy atom.